The molecule has 0 amide bonds. The molecule has 19 heavy (non-hydrogen) atoms. The molecule has 0 bridgehead atoms. The summed E-state index contributed by atoms with van der Waals surface area (Å²) in [5.74, 6) is 2.26. The minimum Gasteiger partial charge on any atom is -0.490 e. The van der Waals surface area contributed by atoms with Gasteiger partial charge in [-0.2, -0.15) is 0 Å². The zero-order chi connectivity index (χ0) is 14.1. The lowest BCUT2D eigenvalue weighted by atomic mass is 10.1. The fourth-order valence-corrected chi connectivity index (χ4v) is 1.67. The second-order valence-corrected chi connectivity index (χ2v) is 4.82. The Hall–Kier alpha value is -1.22. The molecule has 1 aromatic carbocycles. The molecule has 3 heteroatoms. The lowest BCUT2D eigenvalue weighted by Gasteiger charge is -2.15. The van der Waals surface area contributed by atoms with Gasteiger partial charge in [-0.15, -0.1) is 0 Å². The first kappa shape index (κ1) is 15.8. The molecular formula is C16H27NO2. The Morgan fingerprint density at radius 3 is 2.53 bits per heavy atom. The van der Waals surface area contributed by atoms with Crippen LogP contribution in [0.25, 0.3) is 0 Å². The van der Waals surface area contributed by atoms with Crippen LogP contribution in [0.1, 0.15) is 39.7 Å². The van der Waals surface area contributed by atoms with Crippen LogP contribution in [0, 0.1) is 5.92 Å². The maximum absolute atomic E-state index is 5.86. The van der Waals surface area contributed by atoms with Crippen LogP contribution in [0.15, 0.2) is 18.2 Å². The molecule has 1 rings (SSSR count). The van der Waals surface area contributed by atoms with Crippen molar-refractivity contribution in [2.24, 2.45) is 5.92 Å². The molecular weight excluding hydrogens is 238 g/mol. The minimum atomic E-state index is 0.566. The van der Waals surface area contributed by atoms with Gasteiger partial charge in [0.25, 0.3) is 0 Å². The maximum Gasteiger partial charge on any atom is 0.161 e. The van der Waals surface area contributed by atoms with Gasteiger partial charge in [0, 0.05) is 6.54 Å². The van der Waals surface area contributed by atoms with Crippen molar-refractivity contribution >= 4 is 0 Å². The zero-order valence-corrected chi connectivity index (χ0v) is 12.7. The van der Waals surface area contributed by atoms with Gasteiger partial charge in [0.15, 0.2) is 11.5 Å². The highest BCUT2D eigenvalue weighted by Crippen LogP contribution is 2.29. The van der Waals surface area contributed by atoms with Crippen molar-refractivity contribution in [3.63, 3.8) is 0 Å². The van der Waals surface area contributed by atoms with E-state index in [1.807, 2.05) is 13.0 Å². The summed E-state index contributed by atoms with van der Waals surface area (Å²) in [5.41, 5.74) is 1.22. The summed E-state index contributed by atoms with van der Waals surface area (Å²) in [7, 11) is 0. The van der Waals surface area contributed by atoms with E-state index in [0.717, 1.165) is 37.6 Å². The van der Waals surface area contributed by atoms with Crippen LogP contribution in [0.5, 0.6) is 11.5 Å². The van der Waals surface area contributed by atoms with Gasteiger partial charge in [-0.1, -0.05) is 33.3 Å². The first-order valence-corrected chi connectivity index (χ1v) is 7.30. The predicted molar refractivity (Wildman–Crippen MR) is 79.9 cm³/mol. The topological polar surface area (TPSA) is 30.5 Å². The van der Waals surface area contributed by atoms with E-state index in [2.05, 4.69) is 38.2 Å². The van der Waals surface area contributed by atoms with Crippen molar-refractivity contribution < 1.29 is 9.47 Å². The molecule has 1 unspecified atom stereocenters. The molecule has 0 fully saturated rings. The summed E-state index contributed by atoms with van der Waals surface area (Å²) in [6.07, 6.45) is 1.13. The summed E-state index contributed by atoms with van der Waals surface area (Å²) in [5, 5.41) is 3.32. The van der Waals surface area contributed by atoms with E-state index >= 15 is 0 Å². The van der Waals surface area contributed by atoms with Crippen LogP contribution in [0.3, 0.4) is 0 Å². The van der Waals surface area contributed by atoms with Crippen molar-refractivity contribution in [1.82, 2.24) is 5.32 Å². The van der Waals surface area contributed by atoms with Crippen LogP contribution in [-0.4, -0.2) is 19.8 Å². The molecule has 108 valence electrons. The Labute approximate surface area is 117 Å². The van der Waals surface area contributed by atoms with Crippen LogP contribution < -0.4 is 14.8 Å². The minimum absolute atomic E-state index is 0.566. The summed E-state index contributed by atoms with van der Waals surface area (Å²) >= 11 is 0. The van der Waals surface area contributed by atoms with Crippen LogP contribution >= 0.6 is 0 Å². The zero-order valence-electron chi connectivity index (χ0n) is 12.7. The monoisotopic (exact) mass is 265 g/mol. The highest BCUT2D eigenvalue weighted by Gasteiger charge is 2.08. The highest BCUT2D eigenvalue weighted by molar-refractivity contribution is 5.43. The van der Waals surface area contributed by atoms with Gasteiger partial charge >= 0.3 is 0 Å². The Kier molecular flexibility index (Phi) is 7.34. The molecule has 0 aliphatic heterocycles. The first-order valence-electron chi connectivity index (χ1n) is 7.30. The third kappa shape index (κ3) is 5.52. The molecule has 0 heterocycles. The largest absolute Gasteiger partial charge is 0.490 e. The Morgan fingerprint density at radius 2 is 1.89 bits per heavy atom. The van der Waals surface area contributed by atoms with E-state index in [1.54, 1.807) is 0 Å². The maximum atomic E-state index is 5.86. The van der Waals surface area contributed by atoms with Crippen molar-refractivity contribution in [2.75, 3.05) is 19.8 Å². The fourth-order valence-electron chi connectivity index (χ4n) is 1.67. The predicted octanol–water partition coefficient (Wildman–Crippen LogP) is 3.62. The highest BCUT2D eigenvalue weighted by atomic mass is 16.5. The number of hydrogen-bond donors (Lipinski definition) is 1. The normalized spacial score (nSPS) is 12.2. The number of ether oxygens (including phenoxy) is 2. The molecule has 0 saturated heterocycles. The quantitative estimate of drug-likeness (QED) is 0.739. The molecule has 0 radical (unpaired) electrons. The average Bonchev–Trinajstić information content (AvgIpc) is 2.44. The molecule has 1 N–H and O–H groups in total. The van der Waals surface area contributed by atoms with Crippen molar-refractivity contribution in [2.45, 2.75) is 40.7 Å². The lowest BCUT2D eigenvalue weighted by molar-refractivity contribution is 0.237. The number of benzene rings is 1. The smallest absolute Gasteiger partial charge is 0.161 e. The van der Waals surface area contributed by atoms with E-state index in [9.17, 15) is 0 Å². The third-order valence-electron chi connectivity index (χ3n) is 3.11. The van der Waals surface area contributed by atoms with Gasteiger partial charge in [-0.3, -0.25) is 0 Å². The summed E-state index contributed by atoms with van der Waals surface area (Å²) in [6.45, 7) is 11.7. The van der Waals surface area contributed by atoms with E-state index in [4.69, 9.17) is 9.47 Å². The summed E-state index contributed by atoms with van der Waals surface area (Å²) in [6, 6.07) is 6.18. The van der Waals surface area contributed by atoms with E-state index < -0.39 is 0 Å². The van der Waals surface area contributed by atoms with Gasteiger partial charge in [0.1, 0.15) is 0 Å². The molecule has 0 aromatic heterocycles. The standard InChI is InChI=1S/C16H27NO2/c1-5-13(4)12-19-15-9-8-14(11-17-6-2)10-16(15)18-7-3/h8-10,13,17H,5-7,11-12H2,1-4H3. The Bertz CT molecular complexity index is 366. The molecule has 1 atom stereocenters. The first-order chi connectivity index (χ1) is 9.21. The van der Waals surface area contributed by atoms with Gasteiger partial charge in [0.2, 0.25) is 0 Å². The van der Waals surface area contributed by atoms with Gasteiger partial charge in [-0.05, 0) is 37.1 Å². The lowest BCUT2D eigenvalue weighted by Crippen LogP contribution is -2.12. The van der Waals surface area contributed by atoms with Gasteiger partial charge < -0.3 is 14.8 Å². The molecule has 0 aliphatic carbocycles. The van der Waals surface area contributed by atoms with Crippen molar-refractivity contribution in [3.8, 4) is 11.5 Å². The molecule has 1 aromatic rings. The summed E-state index contributed by atoms with van der Waals surface area (Å²) in [4.78, 5) is 0. The summed E-state index contributed by atoms with van der Waals surface area (Å²) < 4.78 is 11.5. The number of rotatable bonds is 9. The Morgan fingerprint density at radius 1 is 1.11 bits per heavy atom. The molecule has 3 nitrogen and oxygen atoms in total. The van der Waals surface area contributed by atoms with E-state index in [0.29, 0.717) is 12.5 Å². The van der Waals surface area contributed by atoms with E-state index in [1.165, 1.54) is 5.56 Å². The van der Waals surface area contributed by atoms with E-state index in [-0.39, 0.29) is 0 Å². The average molecular weight is 265 g/mol. The van der Waals surface area contributed by atoms with Crippen molar-refractivity contribution in [1.29, 1.82) is 0 Å². The Balaban J connectivity index is 2.72. The molecule has 0 saturated carbocycles. The van der Waals surface area contributed by atoms with Crippen molar-refractivity contribution in [3.05, 3.63) is 23.8 Å². The van der Waals surface area contributed by atoms with Crippen LogP contribution in [-0.2, 0) is 6.54 Å². The van der Waals surface area contributed by atoms with Gasteiger partial charge in [-0.25, -0.2) is 0 Å². The molecule has 0 spiro atoms. The molecule has 0 aliphatic rings. The van der Waals surface area contributed by atoms with Crippen LogP contribution in [0.4, 0.5) is 0 Å². The van der Waals surface area contributed by atoms with Crippen LogP contribution in [0.2, 0.25) is 0 Å². The SMILES string of the molecule is CCNCc1ccc(OCC(C)CC)c(OCC)c1. The third-order valence-corrected chi connectivity index (χ3v) is 3.11. The second-order valence-electron chi connectivity index (χ2n) is 4.82. The fraction of sp³-hybridized carbons (Fsp3) is 0.625. The second kappa shape index (κ2) is 8.81. The number of nitrogens with one attached hydrogen (secondary N) is 1. The number of hydrogen-bond acceptors (Lipinski definition) is 3. The van der Waals surface area contributed by atoms with Gasteiger partial charge in [0.05, 0.1) is 13.2 Å².